The van der Waals surface area contributed by atoms with Crippen molar-refractivity contribution in [2.75, 3.05) is 4.90 Å². The number of rotatable bonds is 6. The summed E-state index contributed by atoms with van der Waals surface area (Å²) >= 11 is 1.81. The first-order chi connectivity index (χ1) is 23.8. The van der Waals surface area contributed by atoms with Gasteiger partial charge in [-0.3, -0.25) is 4.98 Å². The maximum absolute atomic E-state index is 5.15. The topological polar surface area (TPSA) is 16.1 Å². The average molecular weight is 631 g/mol. The Kier molecular flexibility index (Phi) is 7.03. The third kappa shape index (κ3) is 5.11. The fourth-order valence-electron chi connectivity index (χ4n) is 6.69. The number of anilines is 3. The van der Waals surface area contributed by atoms with Gasteiger partial charge in [0.05, 0.1) is 27.8 Å². The van der Waals surface area contributed by atoms with Crippen molar-refractivity contribution in [2.24, 2.45) is 0 Å². The van der Waals surface area contributed by atoms with Gasteiger partial charge in [-0.25, -0.2) is 0 Å². The van der Waals surface area contributed by atoms with Gasteiger partial charge < -0.3 is 4.90 Å². The summed E-state index contributed by atoms with van der Waals surface area (Å²) in [6.07, 6.45) is 2.04. The number of benzene rings is 7. The second-order valence-corrected chi connectivity index (χ2v) is 13.1. The highest BCUT2D eigenvalue weighted by atomic mass is 32.1. The van der Waals surface area contributed by atoms with E-state index < -0.39 is 0 Å². The summed E-state index contributed by atoms with van der Waals surface area (Å²) in [5.74, 6) is 0. The molecular weight excluding hydrogens is 601 g/mol. The van der Waals surface area contributed by atoms with Crippen LogP contribution in [0.3, 0.4) is 0 Å². The van der Waals surface area contributed by atoms with Crippen molar-refractivity contribution < 1.29 is 0 Å². The van der Waals surface area contributed by atoms with Crippen molar-refractivity contribution in [2.45, 2.75) is 0 Å². The van der Waals surface area contributed by atoms with E-state index in [0.29, 0.717) is 0 Å². The first-order valence-corrected chi connectivity index (χ1v) is 17.0. The smallest absolute Gasteiger partial charge is 0.0890 e. The molecule has 0 spiro atoms. The van der Waals surface area contributed by atoms with Crippen molar-refractivity contribution in [3.8, 4) is 33.4 Å². The van der Waals surface area contributed by atoms with E-state index in [-0.39, 0.29) is 0 Å². The van der Waals surface area contributed by atoms with Crippen LogP contribution in [-0.4, -0.2) is 4.98 Å². The highest BCUT2D eigenvalue weighted by molar-refractivity contribution is 7.25. The third-order valence-corrected chi connectivity index (χ3v) is 10.2. The zero-order valence-corrected chi connectivity index (χ0v) is 26.9. The Morgan fingerprint density at radius 3 is 1.67 bits per heavy atom. The highest BCUT2D eigenvalue weighted by Crippen LogP contribution is 2.45. The summed E-state index contributed by atoms with van der Waals surface area (Å²) in [4.78, 5) is 7.51. The molecule has 0 N–H and O–H groups in total. The van der Waals surface area contributed by atoms with Crippen LogP contribution >= 0.6 is 11.3 Å². The quantitative estimate of drug-likeness (QED) is 0.182. The second kappa shape index (κ2) is 12.0. The largest absolute Gasteiger partial charge is 0.308 e. The molecule has 0 fully saturated rings. The molecule has 2 aromatic heterocycles. The Morgan fingerprint density at radius 2 is 0.979 bits per heavy atom. The van der Waals surface area contributed by atoms with Crippen LogP contribution in [0.15, 0.2) is 182 Å². The van der Waals surface area contributed by atoms with E-state index in [2.05, 4.69) is 181 Å². The predicted molar refractivity (Wildman–Crippen MR) is 206 cm³/mol. The molecule has 9 rings (SSSR count). The van der Waals surface area contributed by atoms with Crippen LogP contribution in [0.1, 0.15) is 0 Å². The number of hydrogen-bond donors (Lipinski definition) is 0. The van der Waals surface area contributed by atoms with Crippen molar-refractivity contribution in [1.29, 1.82) is 0 Å². The van der Waals surface area contributed by atoms with Crippen LogP contribution in [0.4, 0.5) is 17.1 Å². The van der Waals surface area contributed by atoms with E-state index in [1.165, 1.54) is 53.4 Å². The SMILES string of the molecule is c1ccc(-c2ccc(N(c3cnc4c(c3)sc3cc5ccccc5cc34)c3ccc(-c4ccccc4)cc3-c3ccccc3)cc2)cc1. The summed E-state index contributed by atoms with van der Waals surface area (Å²) in [5.41, 5.74) is 11.3. The molecule has 0 aliphatic rings. The molecule has 0 unspecified atom stereocenters. The van der Waals surface area contributed by atoms with E-state index >= 15 is 0 Å². The molecule has 2 heterocycles. The Balaban J connectivity index is 1.25. The van der Waals surface area contributed by atoms with Gasteiger partial charge in [-0.2, -0.15) is 0 Å². The van der Waals surface area contributed by atoms with Gasteiger partial charge in [0.25, 0.3) is 0 Å². The Bertz CT molecular complexity index is 2540. The number of fused-ring (bicyclic) bond motifs is 4. The van der Waals surface area contributed by atoms with Gasteiger partial charge in [0.1, 0.15) is 0 Å². The van der Waals surface area contributed by atoms with E-state index in [9.17, 15) is 0 Å². The summed E-state index contributed by atoms with van der Waals surface area (Å²) < 4.78 is 2.43. The van der Waals surface area contributed by atoms with Crippen molar-refractivity contribution in [3.63, 3.8) is 0 Å². The molecule has 0 atom stereocenters. The molecule has 3 heteroatoms. The number of hydrogen-bond acceptors (Lipinski definition) is 3. The van der Waals surface area contributed by atoms with Crippen molar-refractivity contribution in [1.82, 2.24) is 4.98 Å². The summed E-state index contributed by atoms with van der Waals surface area (Å²) in [5, 5.41) is 3.70. The van der Waals surface area contributed by atoms with Crippen LogP contribution in [0.25, 0.3) is 64.5 Å². The van der Waals surface area contributed by atoms with Gasteiger partial charge in [-0.1, -0.05) is 133 Å². The number of thiophene rings is 1. The molecule has 0 saturated heterocycles. The van der Waals surface area contributed by atoms with Crippen LogP contribution in [0, 0.1) is 0 Å². The number of aromatic nitrogens is 1. The molecule has 0 radical (unpaired) electrons. The first kappa shape index (κ1) is 28.2. The minimum Gasteiger partial charge on any atom is -0.308 e. The average Bonchev–Trinajstić information content (AvgIpc) is 3.52. The van der Waals surface area contributed by atoms with Crippen LogP contribution in [0.5, 0.6) is 0 Å². The molecule has 0 bridgehead atoms. The van der Waals surface area contributed by atoms with Gasteiger partial charge in [0.15, 0.2) is 0 Å². The molecule has 9 aromatic rings. The van der Waals surface area contributed by atoms with Gasteiger partial charge >= 0.3 is 0 Å². The Morgan fingerprint density at radius 1 is 0.417 bits per heavy atom. The van der Waals surface area contributed by atoms with Crippen molar-refractivity contribution >= 4 is 59.5 Å². The fourth-order valence-corrected chi connectivity index (χ4v) is 7.82. The summed E-state index contributed by atoms with van der Waals surface area (Å²) in [7, 11) is 0. The zero-order chi connectivity index (χ0) is 31.9. The van der Waals surface area contributed by atoms with E-state index in [1.807, 2.05) is 17.5 Å². The second-order valence-electron chi connectivity index (χ2n) is 12.1. The molecule has 0 aliphatic heterocycles. The van der Waals surface area contributed by atoms with Crippen molar-refractivity contribution in [3.05, 3.63) is 182 Å². The first-order valence-electron chi connectivity index (χ1n) is 16.2. The maximum Gasteiger partial charge on any atom is 0.0890 e. The normalized spacial score (nSPS) is 11.3. The highest BCUT2D eigenvalue weighted by Gasteiger charge is 2.20. The summed E-state index contributed by atoms with van der Waals surface area (Å²) in [6.45, 7) is 0. The minimum absolute atomic E-state index is 1.02. The molecule has 0 saturated carbocycles. The lowest BCUT2D eigenvalue weighted by Gasteiger charge is -2.28. The molecule has 0 aliphatic carbocycles. The Hall–Kier alpha value is -6.03. The van der Waals surface area contributed by atoms with E-state index in [0.717, 1.165) is 28.1 Å². The standard InChI is InChI=1S/C45H30N2S/c1-4-12-31(13-5-1)33-20-23-38(24-21-33)47(39-29-44-45(46-30-39)41-27-35-18-10-11-19-36(35)28-43(41)48-44)42-25-22-37(32-14-6-2-7-15-32)26-40(42)34-16-8-3-9-17-34/h1-30H. The number of nitrogens with zero attached hydrogens (tertiary/aromatic N) is 2. The molecule has 7 aromatic carbocycles. The Labute approximate surface area is 283 Å². The molecule has 2 nitrogen and oxygen atoms in total. The van der Waals surface area contributed by atoms with Crippen LogP contribution < -0.4 is 4.90 Å². The predicted octanol–water partition coefficient (Wildman–Crippen LogP) is 13.1. The molecule has 48 heavy (non-hydrogen) atoms. The lowest BCUT2D eigenvalue weighted by Crippen LogP contribution is -2.11. The monoisotopic (exact) mass is 630 g/mol. The number of pyridine rings is 1. The summed E-state index contributed by atoms with van der Waals surface area (Å²) in [6, 6.07) is 63.0. The van der Waals surface area contributed by atoms with E-state index in [4.69, 9.17) is 4.98 Å². The van der Waals surface area contributed by atoms with Crippen LogP contribution in [0.2, 0.25) is 0 Å². The van der Waals surface area contributed by atoms with Gasteiger partial charge in [0, 0.05) is 21.3 Å². The van der Waals surface area contributed by atoms with Gasteiger partial charge in [-0.15, -0.1) is 11.3 Å². The maximum atomic E-state index is 5.15. The molecule has 226 valence electrons. The van der Waals surface area contributed by atoms with E-state index in [1.54, 1.807) is 0 Å². The fraction of sp³-hybridized carbons (Fsp3) is 0. The lowest BCUT2D eigenvalue weighted by atomic mass is 9.96. The molecular formula is C45H30N2S. The minimum atomic E-state index is 1.02. The van der Waals surface area contributed by atoms with Gasteiger partial charge in [-0.05, 0) is 81.1 Å². The third-order valence-electron chi connectivity index (χ3n) is 9.08. The van der Waals surface area contributed by atoms with Gasteiger partial charge in [0.2, 0.25) is 0 Å². The zero-order valence-electron chi connectivity index (χ0n) is 26.1. The molecule has 0 amide bonds. The van der Waals surface area contributed by atoms with Crippen LogP contribution in [-0.2, 0) is 0 Å². The lowest BCUT2D eigenvalue weighted by molar-refractivity contribution is 1.26.